The average molecular weight is 556 g/mol. The Morgan fingerprint density at radius 2 is 1.81 bits per heavy atom. The van der Waals surface area contributed by atoms with Crippen LogP contribution in [0.2, 0.25) is 15.1 Å². The number of hydrogen-bond acceptors (Lipinski definition) is 5. The van der Waals surface area contributed by atoms with Crippen molar-refractivity contribution in [2.45, 2.75) is 43.6 Å². The van der Waals surface area contributed by atoms with Crippen LogP contribution in [-0.2, 0) is 6.61 Å². The number of aromatic carboxylic acids is 1. The van der Waals surface area contributed by atoms with E-state index in [-0.39, 0.29) is 24.0 Å². The second-order valence-electron chi connectivity index (χ2n) is 9.48. The summed E-state index contributed by atoms with van der Waals surface area (Å²) in [5, 5.41) is 15.2. The number of carbonyl (C=O) groups is 1. The Balaban J connectivity index is 1.21. The van der Waals surface area contributed by atoms with E-state index in [1.54, 1.807) is 30.5 Å². The molecule has 9 heteroatoms. The van der Waals surface area contributed by atoms with Crippen molar-refractivity contribution in [3.05, 3.63) is 97.9 Å². The lowest BCUT2D eigenvalue weighted by Crippen LogP contribution is -2.00. The first-order valence-corrected chi connectivity index (χ1v) is 13.1. The van der Waals surface area contributed by atoms with E-state index in [2.05, 4.69) is 10.1 Å². The van der Waals surface area contributed by atoms with Gasteiger partial charge in [-0.1, -0.05) is 52.1 Å². The number of rotatable bonds is 8. The monoisotopic (exact) mass is 554 g/mol. The van der Waals surface area contributed by atoms with Crippen LogP contribution in [-0.4, -0.2) is 21.2 Å². The first-order valence-electron chi connectivity index (χ1n) is 11.9. The minimum absolute atomic E-state index is 0.190. The zero-order valence-corrected chi connectivity index (χ0v) is 21.7. The molecule has 2 saturated carbocycles. The van der Waals surface area contributed by atoms with Crippen LogP contribution in [0.4, 0.5) is 0 Å². The van der Waals surface area contributed by atoms with Crippen LogP contribution in [0, 0.1) is 0 Å². The number of nitrogens with zero attached hydrogens (tertiary/aromatic N) is 2. The van der Waals surface area contributed by atoms with Gasteiger partial charge in [0.15, 0.2) is 0 Å². The van der Waals surface area contributed by atoms with Gasteiger partial charge in [-0.2, -0.15) is 0 Å². The lowest BCUT2D eigenvalue weighted by molar-refractivity contribution is 0.0696. The molecule has 2 heterocycles. The molecule has 0 aliphatic heterocycles. The Bertz CT molecular complexity index is 1500. The van der Waals surface area contributed by atoms with Gasteiger partial charge in [0, 0.05) is 28.9 Å². The second kappa shape index (κ2) is 9.67. The predicted octanol–water partition coefficient (Wildman–Crippen LogP) is 8.12. The van der Waals surface area contributed by atoms with E-state index >= 15 is 0 Å². The van der Waals surface area contributed by atoms with E-state index < -0.39 is 5.97 Å². The van der Waals surface area contributed by atoms with Gasteiger partial charge in [0.1, 0.15) is 23.8 Å². The third-order valence-electron chi connectivity index (χ3n) is 6.95. The first kappa shape index (κ1) is 24.3. The van der Waals surface area contributed by atoms with Gasteiger partial charge in [0.05, 0.1) is 21.2 Å². The van der Waals surface area contributed by atoms with Crippen LogP contribution >= 0.6 is 34.8 Å². The van der Waals surface area contributed by atoms with Gasteiger partial charge in [-0.3, -0.25) is 4.98 Å². The average Bonchev–Trinajstić information content (AvgIpc) is 3.81. The van der Waals surface area contributed by atoms with Crippen LogP contribution in [0.5, 0.6) is 5.75 Å². The van der Waals surface area contributed by atoms with E-state index in [1.165, 1.54) is 6.20 Å². The number of aromatic nitrogens is 2. The summed E-state index contributed by atoms with van der Waals surface area (Å²) >= 11 is 19.6. The molecule has 2 aromatic carbocycles. The van der Waals surface area contributed by atoms with Gasteiger partial charge in [-0.25, -0.2) is 4.79 Å². The molecule has 1 N–H and O–H groups in total. The highest BCUT2D eigenvalue weighted by Gasteiger charge is 2.41. The Kier molecular flexibility index (Phi) is 6.35. The summed E-state index contributed by atoms with van der Waals surface area (Å²) in [6.07, 6.45) is 6.06. The van der Waals surface area contributed by atoms with Gasteiger partial charge in [0.2, 0.25) is 0 Å². The molecule has 0 bridgehead atoms. The molecule has 2 unspecified atom stereocenters. The predicted molar refractivity (Wildman–Crippen MR) is 141 cm³/mol. The lowest BCUT2D eigenvalue weighted by atomic mass is 10.0. The standard InChI is InChI=1S/C28H21Cl3N2O4/c29-22-2-1-3-23(30)25(22)26-21(27(37-33-26)14-4-5-14)13-36-17-6-7-18(24(31)9-17)20-10-19(20)15-8-16(28(34)35)12-32-11-15/h1-3,6-9,11-12,14,19-20H,4-5,10,13H2,(H,34,35). The summed E-state index contributed by atoms with van der Waals surface area (Å²) in [7, 11) is 0. The number of benzene rings is 2. The first-order chi connectivity index (χ1) is 17.9. The molecule has 4 aromatic rings. The lowest BCUT2D eigenvalue weighted by Gasteiger charge is -2.11. The van der Waals surface area contributed by atoms with Crippen LogP contribution in [0.1, 0.15) is 69.8 Å². The number of ether oxygens (including phenoxy) is 1. The molecule has 2 atom stereocenters. The molecule has 6 rings (SSSR count). The SMILES string of the molecule is O=C(O)c1cncc(C2CC2c2ccc(OCc3c(-c4c(Cl)cccc4Cl)noc3C3CC3)cc2Cl)c1. The molecule has 188 valence electrons. The highest BCUT2D eigenvalue weighted by Crippen LogP contribution is 2.56. The molecule has 0 spiro atoms. The normalized spacial score (nSPS) is 18.6. The van der Waals surface area contributed by atoms with Crippen molar-refractivity contribution in [3.8, 4) is 17.0 Å². The maximum absolute atomic E-state index is 11.3. The maximum atomic E-state index is 11.3. The Hall–Kier alpha value is -3.06. The van der Waals surface area contributed by atoms with Gasteiger partial charge in [0.25, 0.3) is 0 Å². The Morgan fingerprint density at radius 3 is 2.51 bits per heavy atom. The fourth-order valence-corrected chi connectivity index (χ4v) is 5.67. The molecule has 0 radical (unpaired) electrons. The summed E-state index contributed by atoms with van der Waals surface area (Å²) in [5.74, 6) is 1.18. The molecule has 2 aliphatic carbocycles. The summed E-state index contributed by atoms with van der Waals surface area (Å²) in [5.41, 5.74) is 4.17. The number of carboxylic acids is 1. The topological polar surface area (TPSA) is 85.5 Å². The van der Waals surface area contributed by atoms with Gasteiger partial charge in [-0.05, 0) is 72.6 Å². The number of carboxylic acid groups (broad SMARTS) is 1. The molecular weight excluding hydrogens is 535 g/mol. The van der Waals surface area contributed by atoms with Gasteiger partial charge < -0.3 is 14.4 Å². The molecule has 37 heavy (non-hydrogen) atoms. The summed E-state index contributed by atoms with van der Waals surface area (Å²) in [4.78, 5) is 15.4. The largest absolute Gasteiger partial charge is 0.489 e. The van der Waals surface area contributed by atoms with E-state index in [9.17, 15) is 9.90 Å². The Labute approximate surface area is 228 Å². The van der Waals surface area contributed by atoms with Crippen molar-refractivity contribution >= 4 is 40.8 Å². The highest BCUT2D eigenvalue weighted by molar-refractivity contribution is 6.39. The third kappa shape index (κ3) is 4.81. The van der Waals surface area contributed by atoms with Crippen molar-refractivity contribution in [2.75, 3.05) is 0 Å². The molecule has 2 aliphatic rings. The van der Waals surface area contributed by atoms with E-state index in [1.807, 2.05) is 18.2 Å². The third-order valence-corrected chi connectivity index (χ3v) is 7.90. The van der Waals surface area contributed by atoms with Crippen molar-refractivity contribution in [1.82, 2.24) is 10.1 Å². The van der Waals surface area contributed by atoms with Gasteiger partial charge >= 0.3 is 5.97 Å². The zero-order chi connectivity index (χ0) is 25.7. The quantitative estimate of drug-likeness (QED) is 0.236. The summed E-state index contributed by atoms with van der Waals surface area (Å²) in [6.45, 7) is 0.238. The molecule has 0 saturated heterocycles. The van der Waals surface area contributed by atoms with Crippen molar-refractivity contribution in [1.29, 1.82) is 0 Å². The summed E-state index contributed by atoms with van der Waals surface area (Å²) < 4.78 is 11.9. The zero-order valence-electron chi connectivity index (χ0n) is 19.5. The van der Waals surface area contributed by atoms with E-state index in [0.29, 0.717) is 38.0 Å². The molecule has 2 fully saturated rings. The highest BCUT2D eigenvalue weighted by atomic mass is 35.5. The van der Waals surface area contributed by atoms with Crippen LogP contribution in [0.25, 0.3) is 11.3 Å². The van der Waals surface area contributed by atoms with Crippen LogP contribution in [0.15, 0.2) is 59.4 Å². The second-order valence-corrected chi connectivity index (χ2v) is 10.7. The Morgan fingerprint density at radius 1 is 1.03 bits per heavy atom. The maximum Gasteiger partial charge on any atom is 0.337 e. The van der Waals surface area contributed by atoms with Crippen LogP contribution < -0.4 is 4.74 Å². The minimum atomic E-state index is -0.983. The molecule has 6 nitrogen and oxygen atoms in total. The van der Waals surface area contributed by atoms with E-state index in [0.717, 1.165) is 41.7 Å². The minimum Gasteiger partial charge on any atom is -0.489 e. The molecular formula is C28H21Cl3N2O4. The number of hydrogen-bond donors (Lipinski definition) is 1. The van der Waals surface area contributed by atoms with Crippen LogP contribution in [0.3, 0.4) is 0 Å². The van der Waals surface area contributed by atoms with Crippen molar-refractivity contribution < 1.29 is 19.2 Å². The molecule has 0 amide bonds. The number of pyridine rings is 1. The van der Waals surface area contributed by atoms with Crippen molar-refractivity contribution in [3.63, 3.8) is 0 Å². The van der Waals surface area contributed by atoms with Gasteiger partial charge in [-0.15, -0.1) is 0 Å². The molecule has 2 aromatic heterocycles. The summed E-state index contributed by atoms with van der Waals surface area (Å²) in [6, 6.07) is 12.7. The smallest absolute Gasteiger partial charge is 0.337 e. The van der Waals surface area contributed by atoms with E-state index in [4.69, 9.17) is 44.1 Å². The fraction of sp³-hybridized carbons (Fsp3) is 0.250. The fourth-order valence-electron chi connectivity index (χ4n) is 4.79. The van der Waals surface area contributed by atoms with Crippen molar-refractivity contribution in [2.24, 2.45) is 0 Å². The number of halogens is 3.